The van der Waals surface area contributed by atoms with Gasteiger partial charge in [0.2, 0.25) is 0 Å². The maximum absolute atomic E-state index is 12.3. The van der Waals surface area contributed by atoms with Gasteiger partial charge in [-0.3, -0.25) is 13.9 Å². The summed E-state index contributed by atoms with van der Waals surface area (Å²) >= 11 is 0. The maximum Gasteiger partial charge on any atom is 0.332 e. The molecule has 0 N–H and O–H groups in total. The molecule has 0 unspecified atom stereocenters. The van der Waals surface area contributed by atoms with Crippen LogP contribution in [0.15, 0.2) is 9.59 Å². The largest absolute Gasteiger partial charge is 0.332 e. The van der Waals surface area contributed by atoms with Crippen molar-refractivity contribution in [2.24, 2.45) is 27.1 Å². The van der Waals surface area contributed by atoms with Gasteiger partial charge in [0.1, 0.15) is 5.82 Å². The van der Waals surface area contributed by atoms with E-state index in [0.29, 0.717) is 17.1 Å². The zero-order valence-corrected chi connectivity index (χ0v) is 12.2. The molecule has 0 saturated heterocycles. The summed E-state index contributed by atoms with van der Waals surface area (Å²) < 4.78 is 4.45. The minimum Gasteiger partial charge on any atom is -0.325 e. The predicted octanol–water partition coefficient (Wildman–Crippen LogP) is 0.703. The fourth-order valence-corrected chi connectivity index (χ4v) is 3.22. The molecule has 0 bridgehead atoms. The van der Waals surface area contributed by atoms with E-state index >= 15 is 0 Å². The standard InChI is InChI=1S/C14H20N4O2/c1-16-10(8-9-6-4-5-7-9)15-12-11(16)13(19)18(3)14(20)17(12)2/h9H,4-8H2,1-3H3. The number of hydrogen-bond donors (Lipinski definition) is 0. The second-order valence-corrected chi connectivity index (χ2v) is 5.82. The highest BCUT2D eigenvalue weighted by molar-refractivity contribution is 5.70. The van der Waals surface area contributed by atoms with Crippen LogP contribution in [0.3, 0.4) is 0 Å². The SMILES string of the molecule is Cn1c(=O)c2c(nc(CC3CCCC3)n2C)n(C)c1=O. The van der Waals surface area contributed by atoms with Crippen molar-refractivity contribution < 1.29 is 0 Å². The third-order valence-corrected chi connectivity index (χ3v) is 4.51. The van der Waals surface area contributed by atoms with Crippen molar-refractivity contribution in [2.75, 3.05) is 0 Å². The number of aromatic nitrogens is 4. The van der Waals surface area contributed by atoms with Gasteiger partial charge in [-0.25, -0.2) is 9.78 Å². The molecule has 2 aromatic rings. The van der Waals surface area contributed by atoms with Crippen LogP contribution >= 0.6 is 0 Å². The average molecular weight is 276 g/mol. The molecule has 3 rings (SSSR count). The van der Waals surface area contributed by atoms with Crippen LogP contribution in [0.25, 0.3) is 11.2 Å². The lowest BCUT2D eigenvalue weighted by molar-refractivity contribution is 0.522. The summed E-state index contributed by atoms with van der Waals surface area (Å²) in [5, 5.41) is 0. The Morgan fingerprint density at radius 1 is 1.05 bits per heavy atom. The van der Waals surface area contributed by atoms with Gasteiger partial charge in [-0.1, -0.05) is 25.7 Å². The molecule has 6 nitrogen and oxygen atoms in total. The first-order valence-corrected chi connectivity index (χ1v) is 7.12. The Hall–Kier alpha value is -1.85. The predicted molar refractivity (Wildman–Crippen MR) is 76.9 cm³/mol. The van der Waals surface area contributed by atoms with Gasteiger partial charge in [0.15, 0.2) is 11.2 Å². The van der Waals surface area contributed by atoms with Gasteiger partial charge < -0.3 is 4.57 Å². The van der Waals surface area contributed by atoms with E-state index in [9.17, 15) is 9.59 Å². The highest BCUT2D eigenvalue weighted by atomic mass is 16.2. The van der Waals surface area contributed by atoms with Crippen LogP contribution in [-0.4, -0.2) is 18.7 Å². The molecule has 2 heterocycles. The van der Waals surface area contributed by atoms with Crippen molar-refractivity contribution in [2.45, 2.75) is 32.1 Å². The second-order valence-electron chi connectivity index (χ2n) is 5.82. The number of aryl methyl sites for hydroxylation is 2. The molecule has 2 aromatic heterocycles. The van der Waals surface area contributed by atoms with Crippen LogP contribution in [0.1, 0.15) is 31.5 Å². The summed E-state index contributed by atoms with van der Waals surface area (Å²) in [5.41, 5.74) is 0.417. The summed E-state index contributed by atoms with van der Waals surface area (Å²) in [5.74, 6) is 1.57. The van der Waals surface area contributed by atoms with Gasteiger partial charge >= 0.3 is 5.69 Å². The fraction of sp³-hybridized carbons (Fsp3) is 0.643. The van der Waals surface area contributed by atoms with Crippen LogP contribution < -0.4 is 11.2 Å². The van der Waals surface area contributed by atoms with Crippen molar-refractivity contribution in [3.05, 3.63) is 26.7 Å². The Morgan fingerprint density at radius 3 is 2.35 bits per heavy atom. The van der Waals surface area contributed by atoms with Gasteiger partial charge in [0, 0.05) is 27.6 Å². The normalized spacial score (nSPS) is 16.4. The molecular formula is C14H20N4O2. The van der Waals surface area contributed by atoms with E-state index in [2.05, 4.69) is 4.98 Å². The van der Waals surface area contributed by atoms with Gasteiger partial charge in [-0.05, 0) is 5.92 Å². The molecule has 1 saturated carbocycles. The van der Waals surface area contributed by atoms with E-state index in [1.165, 1.54) is 37.3 Å². The van der Waals surface area contributed by atoms with Crippen LogP contribution in [0.4, 0.5) is 0 Å². The molecule has 1 aliphatic carbocycles. The fourth-order valence-electron chi connectivity index (χ4n) is 3.22. The quantitative estimate of drug-likeness (QED) is 0.811. The third kappa shape index (κ3) is 1.82. The maximum atomic E-state index is 12.3. The summed E-state index contributed by atoms with van der Waals surface area (Å²) in [6, 6.07) is 0. The first-order chi connectivity index (χ1) is 9.50. The number of rotatable bonds is 2. The molecule has 0 aliphatic heterocycles. The number of nitrogens with zero attached hydrogens (tertiary/aromatic N) is 4. The lowest BCUT2D eigenvalue weighted by Crippen LogP contribution is -2.37. The van der Waals surface area contributed by atoms with Gasteiger partial charge in [-0.15, -0.1) is 0 Å². The Balaban J connectivity index is 2.19. The zero-order chi connectivity index (χ0) is 14.4. The first kappa shape index (κ1) is 13.1. The van der Waals surface area contributed by atoms with Crippen molar-refractivity contribution in [1.29, 1.82) is 0 Å². The van der Waals surface area contributed by atoms with Crippen LogP contribution in [-0.2, 0) is 27.6 Å². The molecule has 1 fully saturated rings. The smallest absolute Gasteiger partial charge is 0.325 e. The van der Waals surface area contributed by atoms with Crippen molar-refractivity contribution in [1.82, 2.24) is 18.7 Å². The van der Waals surface area contributed by atoms with E-state index < -0.39 is 0 Å². The molecule has 0 atom stereocenters. The number of hydrogen-bond acceptors (Lipinski definition) is 3. The molecular weight excluding hydrogens is 256 g/mol. The first-order valence-electron chi connectivity index (χ1n) is 7.12. The third-order valence-electron chi connectivity index (χ3n) is 4.51. The highest BCUT2D eigenvalue weighted by Gasteiger charge is 2.21. The van der Waals surface area contributed by atoms with Gasteiger partial charge in [0.05, 0.1) is 0 Å². The topological polar surface area (TPSA) is 61.8 Å². The molecule has 1 aliphatic rings. The Bertz CT molecular complexity index is 775. The van der Waals surface area contributed by atoms with Gasteiger partial charge in [0.25, 0.3) is 5.56 Å². The number of imidazole rings is 1. The van der Waals surface area contributed by atoms with E-state index in [4.69, 9.17) is 0 Å². The Morgan fingerprint density at radius 2 is 1.70 bits per heavy atom. The van der Waals surface area contributed by atoms with Crippen LogP contribution in [0, 0.1) is 5.92 Å². The summed E-state index contributed by atoms with van der Waals surface area (Å²) in [4.78, 5) is 28.8. The second kappa shape index (κ2) is 4.61. The van der Waals surface area contributed by atoms with E-state index in [-0.39, 0.29) is 11.2 Å². The number of fused-ring (bicyclic) bond motifs is 1. The molecule has 6 heteroatoms. The minimum atomic E-state index is -0.326. The van der Waals surface area contributed by atoms with Crippen LogP contribution in [0.2, 0.25) is 0 Å². The van der Waals surface area contributed by atoms with Crippen molar-refractivity contribution >= 4 is 11.2 Å². The van der Waals surface area contributed by atoms with Crippen molar-refractivity contribution in [3.8, 4) is 0 Å². The zero-order valence-electron chi connectivity index (χ0n) is 12.2. The lowest BCUT2D eigenvalue weighted by atomic mass is 10.0. The van der Waals surface area contributed by atoms with Gasteiger partial charge in [-0.2, -0.15) is 0 Å². The van der Waals surface area contributed by atoms with E-state index in [1.54, 1.807) is 7.05 Å². The monoisotopic (exact) mass is 276 g/mol. The van der Waals surface area contributed by atoms with E-state index in [0.717, 1.165) is 16.8 Å². The van der Waals surface area contributed by atoms with Crippen molar-refractivity contribution in [3.63, 3.8) is 0 Å². The summed E-state index contributed by atoms with van der Waals surface area (Å²) in [6.45, 7) is 0. The molecule has 0 aromatic carbocycles. The molecule has 0 amide bonds. The highest BCUT2D eigenvalue weighted by Crippen LogP contribution is 2.28. The lowest BCUT2D eigenvalue weighted by Gasteiger charge is -2.08. The summed E-state index contributed by atoms with van der Waals surface area (Å²) in [7, 11) is 5.04. The molecule has 108 valence electrons. The molecule has 20 heavy (non-hydrogen) atoms. The Labute approximate surface area is 116 Å². The van der Waals surface area contributed by atoms with E-state index in [1.807, 2.05) is 11.6 Å². The minimum absolute atomic E-state index is 0.268. The van der Waals surface area contributed by atoms with Crippen LogP contribution in [0.5, 0.6) is 0 Å². The molecule has 0 spiro atoms. The average Bonchev–Trinajstić information content (AvgIpc) is 3.04. The molecule has 0 radical (unpaired) electrons. The summed E-state index contributed by atoms with van der Waals surface area (Å²) in [6.07, 6.45) is 5.94. The Kier molecular flexibility index (Phi) is 3.03.